The average molecular weight is 602 g/mol. The van der Waals surface area contributed by atoms with E-state index in [9.17, 15) is 9.59 Å². The zero-order valence-electron chi connectivity index (χ0n) is 26.0. The summed E-state index contributed by atoms with van der Waals surface area (Å²) < 4.78 is 0. The van der Waals surface area contributed by atoms with E-state index in [1.54, 1.807) is 23.9 Å². The van der Waals surface area contributed by atoms with Crippen LogP contribution in [-0.4, -0.2) is 18.1 Å². The van der Waals surface area contributed by atoms with Crippen LogP contribution in [0.5, 0.6) is 0 Å². The molecule has 4 aromatic carbocycles. The third-order valence-electron chi connectivity index (χ3n) is 9.46. The number of anilines is 1. The maximum absolute atomic E-state index is 13.7. The maximum Gasteiger partial charge on any atom is 0.196 e. The molecule has 1 saturated carbocycles. The zero-order chi connectivity index (χ0) is 30.5. The Hall–Kier alpha value is -3.63. The van der Waals surface area contributed by atoms with Crippen molar-refractivity contribution in [1.29, 1.82) is 0 Å². The van der Waals surface area contributed by atoms with E-state index >= 15 is 0 Å². The fourth-order valence-corrected chi connectivity index (χ4v) is 7.94. The second-order valence-electron chi connectivity index (χ2n) is 12.5. The molecule has 226 valence electrons. The highest BCUT2D eigenvalue weighted by Gasteiger charge is 2.33. The lowest BCUT2D eigenvalue weighted by Crippen LogP contribution is -2.23. The minimum atomic E-state index is -0.0879. The average Bonchev–Trinajstić information content (AvgIpc) is 3.07. The van der Waals surface area contributed by atoms with E-state index in [-0.39, 0.29) is 11.6 Å². The van der Waals surface area contributed by atoms with Crippen molar-refractivity contribution < 1.29 is 9.59 Å². The van der Waals surface area contributed by atoms with E-state index in [1.807, 2.05) is 24.3 Å². The molecular weight excluding hydrogens is 559 g/mol. The summed E-state index contributed by atoms with van der Waals surface area (Å²) >= 11 is 1.54. The van der Waals surface area contributed by atoms with E-state index in [1.165, 1.54) is 68.1 Å². The quantitative estimate of drug-likeness (QED) is 0.153. The van der Waals surface area contributed by atoms with Crippen LogP contribution in [0.4, 0.5) is 5.69 Å². The monoisotopic (exact) mass is 601 g/mol. The molecule has 0 atom stereocenters. The van der Waals surface area contributed by atoms with Crippen LogP contribution in [0.1, 0.15) is 115 Å². The van der Waals surface area contributed by atoms with Crippen molar-refractivity contribution in [3.63, 3.8) is 0 Å². The SMILES string of the molecule is CCCCCC1CCC(c2ccc(-c3ccc(Sc4cccc5c4C(=O)c4cccc(NCCC)c4C5=O)cc3)cc2)CC1. The minimum absolute atomic E-state index is 0.0838. The molecule has 4 heteroatoms. The summed E-state index contributed by atoms with van der Waals surface area (Å²) in [5, 5.41) is 3.33. The third-order valence-corrected chi connectivity index (χ3v) is 10.5. The van der Waals surface area contributed by atoms with Crippen molar-refractivity contribution in [1.82, 2.24) is 0 Å². The zero-order valence-corrected chi connectivity index (χ0v) is 26.8. The van der Waals surface area contributed by atoms with Gasteiger partial charge >= 0.3 is 0 Å². The van der Waals surface area contributed by atoms with Gasteiger partial charge in [0.2, 0.25) is 0 Å². The molecule has 0 aromatic heterocycles. The number of fused-ring (bicyclic) bond motifs is 2. The number of ketones is 2. The molecule has 1 fully saturated rings. The molecule has 0 aliphatic heterocycles. The summed E-state index contributed by atoms with van der Waals surface area (Å²) in [6.45, 7) is 5.12. The van der Waals surface area contributed by atoms with Gasteiger partial charge in [0, 0.05) is 38.7 Å². The molecule has 0 radical (unpaired) electrons. The van der Waals surface area contributed by atoms with Crippen molar-refractivity contribution in [2.45, 2.75) is 87.3 Å². The van der Waals surface area contributed by atoms with Crippen molar-refractivity contribution in [2.24, 2.45) is 5.92 Å². The van der Waals surface area contributed by atoms with E-state index in [0.717, 1.165) is 34.4 Å². The van der Waals surface area contributed by atoms with E-state index < -0.39 is 0 Å². The Morgan fingerprint density at radius 2 is 1.32 bits per heavy atom. The molecule has 0 amide bonds. The lowest BCUT2D eigenvalue weighted by molar-refractivity contribution is 0.0977. The van der Waals surface area contributed by atoms with Crippen LogP contribution in [0.25, 0.3) is 11.1 Å². The normalized spacial score (nSPS) is 17.7. The number of carbonyl (C=O) groups excluding carboxylic acids is 2. The first-order valence-electron chi connectivity index (χ1n) is 16.5. The molecule has 2 aliphatic rings. The number of hydrogen-bond donors (Lipinski definition) is 1. The molecule has 0 heterocycles. The van der Waals surface area contributed by atoms with Gasteiger partial charge in [0.05, 0.1) is 5.56 Å². The summed E-state index contributed by atoms with van der Waals surface area (Å²) in [6, 6.07) is 28.9. The van der Waals surface area contributed by atoms with Gasteiger partial charge in [-0.05, 0) is 84.9 Å². The third kappa shape index (κ3) is 6.42. The standard InChI is InChI=1S/C40H43NO2S/c1-3-5-6-9-27-14-16-28(17-15-27)29-18-20-30(21-19-29)31-22-24-32(25-23-31)44-36-13-8-11-34-38(36)40(43)33-10-7-12-35(41-26-4-2)37(33)39(34)42/h7-8,10-13,18-25,27-28,41H,3-6,9,14-17,26H2,1-2H3. The first-order valence-corrected chi connectivity index (χ1v) is 17.4. The van der Waals surface area contributed by atoms with Crippen LogP contribution < -0.4 is 5.32 Å². The van der Waals surface area contributed by atoms with E-state index in [4.69, 9.17) is 0 Å². The Morgan fingerprint density at radius 1 is 0.682 bits per heavy atom. The summed E-state index contributed by atoms with van der Waals surface area (Å²) in [6.07, 6.45) is 11.8. The number of carbonyl (C=O) groups is 2. The van der Waals surface area contributed by atoms with Crippen molar-refractivity contribution in [3.05, 3.63) is 113 Å². The Labute approximate surface area is 266 Å². The summed E-state index contributed by atoms with van der Waals surface area (Å²) in [5.74, 6) is 1.46. The smallest absolute Gasteiger partial charge is 0.196 e. The largest absolute Gasteiger partial charge is 0.384 e. The van der Waals surface area contributed by atoms with Crippen LogP contribution >= 0.6 is 11.8 Å². The fraction of sp³-hybridized carbons (Fsp3) is 0.350. The highest BCUT2D eigenvalue weighted by atomic mass is 32.2. The Morgan fingerprint density at radius 3 is 2.00 bits per heavy atom. The van der Waals surface area contributed by atoms with Crippen LogP contribution in [0, 0.1) is 5.92 Å². The maximum atomic E-state index is 13.7. The molecule has 3 nitrogen and oxygen atoms in total. The van der Waals surface area contributed by atoms with Crippen molar-refractivity contribution >= 4 is 29.0 Å². The minimum Gasteiger partial charge on any atom is -0.384 e. The number of benzene rings is 4. The van der Waals surface area contributed by atoms with Crippen molar-refractivity contribution in [2.75, 3.05) is 11.9 Å². The predicted octanol–water partition coefficient (Wildman–Crippen LogP) is 11.0. The van der Waals surface area contributed by atoms with Gasteiger partial charge in [0.25, 0.3) is 0 Å². The summed E-state index contributed by atoms with van der Waals surface area (Å²) in [4.78, 5) is 29.2. The number of unbranched alkanes of at least 4 members (excludes halogenated alkanes) is 2. The molecule has 0 spiro atoms. The van der Waals surface area contributed by atoms with Gasteiger partial charge in [0.1, 0.15) is 0 Å². The van der Waals surface area contributed by atoms with Gasteiger partial charge in [-0.25, -0.2) is 0 Å². The van der Waals surface area contributed by atoms with Gasteiger partial charge in [-0.3, -0.25) is 9.59 Å². The highest BCUT2D eigenvalue weighted by Crippen LogP contribution is 2.41. The first-order chi connectivity index (χ1) is 21.6. The van der Waals surface area contributed by atoms with Gasteiger partial charge in [-0.15, -0.1) is 0 Å². The molecule has 0 saturated heterocycles. The predicted molar refractivity (Wildman–Crippen MR) is 183 cm³/mol. The van der Waals surface area contributed by atoms with Crippen LogP contribution in [0.15, 0.2) is 94.7 Å². The molecule has 4 aromatic rings. The lowest BCUT2D eigenvalue weighted by Gasteiger charge is -2.29. The van der Waals surface area contributed by atoms with Crippen LogP contribution in [0.2, 0.25) is 0 Å². The number of rotatable bonds is 11. The summed E-state index contributed by atoms with van der Waals surface area (Å²) in [7, 11) is 0. The molecule has 2 aliphatic carbocycles. The molecule has 6 rings (SSSR count). The molecular formula is C40H43NO2S. The van der Waals surface area contributed by atoms with Gasteiger partial charge < -0.3 is 5.32 Å². The van der Waals surface area contributed by atoms with Crippen LogP contribution in [-0.2, 0) is 0 Å². The number of nitrogens with one attached hydrogen (secondary N) is 1. The molecule has 0 bridgehead atoms. The van der Waals surface area contributed by atoms with E-state index in [2.05, 4.69) is 67.7 Å². The molecule has 0 unspecified atom stereocenters. The van der Waals surface area contributed by atoms with E-state index in [0.29, 0.717) is 28.2 Å². The number of hydrogen-bond acceptors (Lipinski definition) is 4. The Bertz CT molecular complexity index is 1610. The molecule has 1 N–H and O–H groups in total. The second-order valence-corrected chi connectivity index (χ2v) is 13.6. The van der Waals surface area contributed by atoms with Crippen molar-refractivity contribution in [3.8, 4) is 11.1 Å². The lowest BCUT2D eigenvalue weighted by atomic mass is 9.77. The highest BCUT2D eigenvalue weighted by molar-refractivity contribution is 7.99. The Kier molecular flexibility index (Phi) is 9.66. The van der Waals surface area contributed by atoms with Gasteiger partial charge in [-0.1, -0.05) is 112 Å². The Balaban J connectivity index is 1.14. The second kappa shape index (κ2) is 14.0. The van der Waals surface area contributed by atoms with Crippen LogP contribution in [0.3, 0.4) is 0 Å². The van der Waals surface area contributed by atoms with Gasteiger partial charge in [0.15, 0.2) is 11.6 Å². The fourth-order valence-electron chi connectivity index (χ4n) is 6.96. The first kappa shape index (κ1) is 30.4. The van der Waals surface area contributed by atoms with Gasteiger partial charge in [-0.2, -0.15) is 0 Å². The molecule has 44 heavy (non-hydrogen) atoms. The topological polar surface area (TPSA) is 46.2 Å². The summed E-state index contributed by atoms with van der Waals surface area (Å²) in [5.41, 5.74) is 6.60.